The van der Waals surface area contributed by atoms with Crippen LogP contribution in [-0.2, 0) is 11.2 Å². The van der Waals surface area contributed by atoms with Crippen molar-refractivity contribution in [3.63, 3.8) is 0 Å². The van der Waals surface area contributed by atoms with Gasteiger partial charge in [-0.1, -0.05) is 0 Å². The Kier molecular flexibility index (Phi) is 4.85. The lowest BCUT2D eigenvalue weighted by Gasteiger charge is -2.16. The normalized spacial score (nSPS) is 15.2. The maximum Gasteiger partial charge on any atom is 0.251 e. The molecule has 134 valence electrons. The Bertz CT molecular complexity index is 773. The minimum atomic E-state index is -0.00515. The highest BCUT2D eigenvalue weighted by atomic mass is 16.1. The number of amides is 1. The minimum absolute atomic E-state index is 0.00515. The first-order valence-corrected chi connectivity index (χ1v) is 8.76. The molecule has 1 amide bonds. The number of hydrogen-bond acceptors (Lipinski definition) is 5. The zero-order valence-corrected chi connectivity index (χ0v) is 15.3. The monoisotopic (exact) mass is 342 g/mol. The highest BCUT2D eigenvalue weighted by Gasteiger charge is 2.31. The van der Waals surface area contributed by atoms with E-state index in [1.54, 1.807) is 4.68 Å². The number of aryl methyl sites for hydroxylation is 3. The molecule has 7 heteroatoms. The first-order chi connectivity index (χ1) is 11.9. The Labute approximate surface area is 148 Å². The van der Waals surface area contributed by atoms with Gasteiger partial charge in [0.2, 0.25) is 5.91 Å². The lowest BCUT2D eigenvalue weighted by Crippen LogP contribution is -2.42. The number of aromatic nitrogens is 4. The zero-order valence-electron chi connectivity index (χ0n) is 15.3. The molecule has 0 spiro atoms. The van der Waals surface area contributed by atoms with Crippen molar-refractivity contribution in [3.8, 4) is 5.95 Å². The quantitative estimate of drug-likeness (QED) is 0.824. The fourth-order valence-electron chi connectivity index (χ4n) is 3.21. The van der Waals surface area contributed by atoms with Gasteiger partial charge in [-0.2, -0.15) is 5.10 Å². The van der Waals surface area contributed by atoms with Crippen LogP contribution in [-0.4, -0.2) is 38.2 Å². The summed E-state index contributed by atoms with van der Waals surface area (Å²) in [5.41, 5.74) is 10.2. The molecule has 0 saturated heterocycles. The number of hydrogen-bond donors (Lipinski definition) is 2. The fourth-order valence-corrected chi connectivity index (χ4v) is 3.21. The van der Waals surface area contributed by atoms with Gasteiger partial charge in [-0.15, -0.1) is 0 Å². The van der Waals surface area contributed by atoms with E-state index in [1.807, 2.05) is 33.8 Å². The smallest absolute Gasteiger partial charge is 0.251 e. The van der Waals surface area contributed by atoms with Crippen molar-refractivity contribution in [1.29, 1.82) is 0 Å². The summed E-state index contributed by atoms with van der Waals surface area (Å²) in [5, 5.41) is 7.62. The SMILES string of the molecule is Cc1cc(C)nc(-n2nc(C)c(CC(=O)NC(CN)C3CC3)c2C)n1. The van der Waals surface area contributed by atoms with Crippen LogP contribution < -0.4 is 11.1 Å². The van der Waals surface area contributed by atoms with Crippen LogP contribution in [0.2, 0.25) is 0 Å². The Balaban J connectivity index is 1.80. The van der Waals surface area contributed by atoms with Crippen LogP contribution in [0, 0.1) is 33.6 Å². The van der Waals surface area contributed by atoms with Gasteiger partial charge < -0.3 is 11.1 Å². The number of carbonyl (C=O) groups excluding carboxylic acids is 1. The number of carbonyl (C=O) groups is 1. The van der Waals surface area contributed by atoms with Crippen LogP contribution >= 0.6 is 0 Å². The number of nitrogens with one attached hydrogen (secondary N) is 1. The van der Waals surface area contributed by atoms with E-state index in [-0.39, 0.29) is 11.9 Å². The molecule has 2 aromatic rings. The molecule has 1 saturated carbocycles. The van der Waals surface area contributed by atoms with Crippen LogP contribution in [0.1, 0.15) is 41.2 Å². The van der Waals surface area contributed by atoms with Gasteiger partial charge in [0.25, 0.3) is 5.95 Å². The summed E-state index contributed by atoms with van der Waals surface area (Å²) in [6.45, 7) is 8.22. The lowest BCUT2D eigenvalue weighted by molar-refractivity contribution is -0.121. The highest BCUT2D eigenvalue weighted by molar-refractivity contribution is 5.79. The molecule has 3 rings (SSSR count). The molecule has 0 bridgehead atoms. The van der Waals surface area contributed by atoms with Crippen LogP contribution in [0.4, 0.5) is 0 Å². The van der Waals surface area contributed by atoms with E-state index < -0.39 is 0 Å². The van der Waals surface area contributed by atoms with Gasteiger partial charge in [0, 0.05) is 35.2 Å². The third-order valence-corrected chi connectivity index (χ3v) is 4.73. The van der Waals surface area contributed by atoms with Crippen molar-refractivity contribution in [2.75, 3.05) is 6.54 Å². The lowest BCUT2D eigenvalue weighted by atomic mass is 10.1. The van der Waals surface area contributed by atoms with Crippen molar-refractivity contribution in [2.24, 2.45) is 11.7 Å². The summed E-state index contributed by atoms with van der Waals surface area (Å²) >= 11 is 0. The summed E-state index contributed by atoms with van der Waals surface area (Å²) in [6.07, 6.45) is 2.61. The summed E-state index contributed by atoms with van der Waals surface area (Å²) in [7, 11) is 0. The molecule has 1 atom stereocenters. The first-order valence-electron chi connectivity index (χ1n) is 8.76. The van der Waals surface area contributed by atoms with Crippen LogP contribution in [0.15, 0.2) is 6.07 Å². The second kappa shape index (κ2) is 6.92. The standard InChI is InChI=1S/C18H26N6O/c1-10-7-11(2)21-18(20-10)24-13(4)15(12(3)23-24)8-17(25)22-16(9-19)14-5-6-14/h7,14,16H,5-6,8-9,19H2,1-4H3,(H,22,25). The third kappa shape index (κ3) is 3.87. The summed E-state index contributed by atoms with van der Waals surface area (Å²) < 4.78 is 1.72. The Hall–Kier alpha value is -2.28. The van der Waals surface area contributed by atoms with Crippen LogP contribution in [0.3, 0.4) is 0 Å². The van der Waals surface area contributed by atoms with Gasteiger partial charge in [0.05, 0.1) is 12.1 Å². The van der Waals surface area contributed by atoms with Crippen molar-refractivity contribution in [1.82, 2.24) is 25.1 Å². The maximum atomic E-state index is 12.4. The second-order valence-electron chi connectivity index (χ2n) is 6.94. The van der Waals surface area contributed by atoms with E-state index in [2.05, 4.69) is 20.4 Å². The van der Waals surface area contributed by atoms with Gasteiger partial charge in [-0.3, -0.25) is 4.79 Å². The number of nitrogens with zero attached hydrogens (tertiary/aromatic N) is 4. The van der Waals surface area contributed by atoms with Gasteiger partial charge in [0.1, 0.15) is 0 Å². The summed E-state index contributed by atoms with van der Waals surface area (Å²) in [5.74, 6) is 1.08. The van der Waals surface area contributed by atoms with Crippen molar-refractivity contribution in [3.05, 3.63) is 34.4 Å². The molecule has 1 fully saturated rings. The first kappa shape index (κ1) is 17.5. The minimum Gasteiger partial charge on any atom is -0.352 e. The zero-order chi connectivity index (χ0) is 18.1. The molecule has 0 aliphatic heterocycles. The van der Waals surface area contributed by atoms with Crippen LogP contribution in [0.5, 0.6) is 0 Å². The molecule has 2 aromatic heterocycles. The maximum absolute atomic E-state index is 12.4. The summed E-state index contributed by atoms with van der Waals surface area (Å²) in [4.78, 5) is 21.4. The Morgan fingerprint density at radius 2 is 1.92 bits per heavy atom. The van der Waals surface area contributed by atoms with E-state index >= 15 is 0 Å². The molecule has 1 unspecified atom stereocenters. The van der Waals surface area contributed by atoms with Gasteiger partial charge in [-0.05, 0) is 52.5 Å². The fraction of sp³-hybridized carbons (Fsp3) is 0.556. The molecular weight excluding hydrogens is 316 g/mol. The van der Waals surface area contributed by atoms with Crippen molar-refractivity contribution >= 4 is 5.91 Å². The largest absolute Gasteiger partial charge is 0.352 e. The van der Waals surface area contributed by atoms with E-state index in [1.165, 1.54) is 0 Å². The number of rotatable bonds is 6. The van der Waals surface area contributed by atoms with Gasteiger partial charge in [-0.25, -0.2) is 14.6 Å². The molecule has 2 heterocycles. The van der Waals surface area contributed by atoms with E-state index in [9.17, 15) is 4.79 Å². The predicted octanol–water partition coefficient (Wildman–Crippen LogP) is 1.29. The highest BCUT2D eigenvalue weighted by Crippen LogP contribution is 2.32. The van der Waals surface area contributed by atoms with Gasteiger partial charge >= 0.3 is 0 Å². The van der Waals surface area contributed by atoms with Crippen molar-refractivity contribution < 1.29 is 4.79 Å². The van der Waals surface area contributed by atoms with E-state index in [0.717, 1.165) is 41.2 Å². The molecule has 1 aliphatic rings. The topological polar surface area (TPSA) is 98.7 Å². The molecule has 0 radical (unpaired) electrons. The Morgan fingerprint density at radius 3 is 2.48 bits per heavy atom. The average Bonchev–Trinajstić information content (AvgIpc) is 3.34. The van der Waals surface area contributed by atoms with Crippen LogP contribution in [0.25, 0.3) is 5.95 Å². The number of nitrogens with two attached hydrogens (primary N) is 1. The molecule has 3 N–H and O–H groups in total. The second-order valence-corrected chi connectivity index (χ2v) is 6.94. The van der Waals surface area contributed by atoms with Gasteiger partial charge in [0.15, 0.2) is 0 Å². The Morgan fingerprint density at radius 1 is 1.28 bits per heavy atom. The molecule has 7 nitrogen and oxygen atoms in total. The molecule has 25 heavy (non-hydrogen) atoms. The summed E-state index contributed by atoms with van der Waals surface area (Å²) in [6, 6.07) is 2.01. The molecule has 1 aliphatic carbocycles. The third-order valence-electron chi connectivity index (χ3n) is 4.73. The average molecular weight is 342 g/mol. The predicted molar refractivity (Wildman–Crippen MR) is 95.5 cm³/mol. The molecule has 0 aromatic carbocycles. The molecular formula is C18H26N6O. The van der Waals surface area contributed by atoms with E-state index in [4.69, 9.17) is 5.73 Å². The van der Waals surface area contributed by atoms with Crippen molar-refractivity contribution in [2.45, 2.75) is 53.0 Å². The van der Waals surface area contributed by atoms with E-state index in [0.29, 0.717) is 24.8 Å².